The summed E-state index contributed by atoms with van der Waals surface area (Å²) in [5, 5.41) is 3.44. The summed E-state index contributed by atoms with van der Waals surface area (Å²) in [7, 11) is 0. The van der Waals surface area contributed by atoms with E-state index in [2.05, 4.69) is 53.0 Å². The van der Waals surface area contributed by atoms with Crippen molar-refractivity contribution in [3.8, 4) is 5.69 Å². The van der Waals surface area contributed by atoms with Gasteiger partial charge in [-0.2, -0.15) is 0 Å². The van der Waals surface area contributed by atoms with Crippen LogP contribution in [0.1, 0.15) is 31.0 Å². The lowest BCUT2D eigenvalue weighted by molar-refractivity contribution is 0.324. The van der Waals surface area contributed by atoms with Crippen molar-refractivity contribution in [1.82, 2.24) is 14.9 Å². The van der Waals surface area contributed by atoms with Gasteiger partial charge in [-0.1, -0.05) is 19.1 Å². The molecule has 0 saturated carbocycles. The van der Waals surface area contributed by atoms with Crippen molar-refractivity contribution in [1.29, 1.82) is 0 Å². The molecule has 2 heterocycles. The first-order chi connectivity index (χ1) is 9.19. The number of nitrogens with zero attached hydrogens (tertiary/aromatic N) is 2. The van der Waals surface area contributed by atoms with E-state index in [0.717, 1.165) is 13.1 Å². The summed E-state index contributed by atoms with van der Waals surface area (Å²) >= 11 is 0. The number of aryl methyl sites for hydroxylation is 1. The molecule has 1 aliphatic heterocycles. The minimum atomic E-state index is 0.228. The highest BCUT2D eigenvalue weighted by atomic mass is 15.1. The van der Waals surface area contributed by atoms with Crippen LogP contribution < -0.4 is 5.32 Å². The zero-order chi connectivity index (χ0) is 13.3. The van der Waals surface area contributed by atoms with Gasteiger partial charge in [-0.25, -0.2) is 4.98 Å². The lowest BCUT2D eigenvalue weighted by atomic mass is 9.78. The summed E-state index contributed by atoms with van der Waals surface area (Å²) in [6, 6.07) is 8.61. The van der Waals surface area contributed by atoms with Crippen LogP contribution in [0.2, 0.25) is 0 Å². The lowest BCUT2D eigenvalue weighted by Crippen LogP contribution is -2.38. The molecule has 0 aliphatic carbocycles. The van der Waals surface area contributed by atoms with Crippen molar-refractivity contribution >= 4 is 0 Å². The van der Waals surface area contributed by atoms with E-state index in [0.29, 0.717) is 0 Å². The Labute approximate surface area is 114 Å². The first-order valence-electron chi connectivity index (χ1n) is 7.00. The van der Waals surface area contributed by atoms with Crippen LogP contribution in [0.5, 0.6) is 0 Å². The minimum Gasteiger partial charge on any atom is -0.317 e. The number of piperidine rings is 1. The number of aromatic nitrogens is 2. The van der Waals surface area contributed by atoms with E-state index >= 15 is 0 Å². The van der Waals surface area contributed by atoms with Gasteiger partial charge >= 0.3 is 0 Å². The van der Waals surface area contributed by atoms with Crippen LogP contribution in [0.25, 0.3) is 5.69 Å². The fourth-order valence-corrected chi connectivity index (χ4v) is 2.96. The quantitative estimate of drug-likeness (QED) is 0.894. The molecule has 3 rings (SSSR count). The third-order valence-corrected chi connectivity index (χ3v) is 4.24. The van der Waals surface area contributed by atoms with Crippen LogP contribution in [0.4, 0.5) is 0 Å². The van der Waals surface area contributed by atoms with Crippen molar-refractivity contribution in [2.45, 2.75) is 32.1 Å². The number of hydrogen-bond donors (Lipinski definition) is 1. The first-order valence-corrected chi connectivity index (χ1v) is 7.00. The Morgan fingerprint density at radius 2 is 2.05 bits per heavy atom. The Kier molecular flexibility index (Phi) is 3.15. The molecule has 3 heteroatoms. The Balaban J connectivity index is 2.03. The molecule has 1 aromatic carbocycles. The molecule has 1 N–H and O–H groups in total. The predicted molar refractivity (Wildman–Crippen MR) is 77.8 cm³/mol. The van der Waals surface area contributed by atoms with Gasteiger partial charge in [-0.3, -0.25) is 0 Å². The molecule has 0 radical (unpaired) electrons. The number of benzene rings is 1. The molecule has 3 nitrogen and oxygen atoms in total. The van der Waals surface area contributed by atoms with E-state index in [-0.39, 0.29) is 5.41 Å². The highest BCUT2D eigenvalue weighted by Crippen LogP contribution is 2.33. The zero-order valence-corrected chi connectivity index (χ0v) is 11.7. The molecular formula is C16H21N3. The monoisotopic (exact) mass is 255 g/mol. The number of imidazole rings is 1. The molecule has 100 valence electrons. The van der Waals surface area contributed by atoms with Gasteiger partial charge in [0, 0.05) is 23.0 Å². The second kappa shape index (κ2) is 4.82. The van der Waals surface area contributed by atoms with Crippen LogP contribution in [-0.2, 0) is 5.41 Å². The second-order valence-corrected chi connectivity index (χ2v) is 5.80. The van der Waals surface area contributed by atoms with Gasteiger partial charge in [0.15, 0.2) is 0 Å². The summed E-state index contributed by atoms with van der Waals surface area (Å²) in [6.45, 7) is 6.68. The highest BCUT2D eigenvalue weighted by molar-refractivity contribution is 5.38. The Bertz CT molecular complexity index is 565. The summed E-state index contributed by atoms with van der Waals surface area (Å²) < 4.78 is 2.25. The molecule has 1 saturated heterocycles. The first kappa shape index (κ1) is 12.4. The Morgan fingerprint density at radius 3 is 2.79 bits per heavy atom. The van der Waals surface area contributed by atoms with Crippen LogP contribution in [0.3, 0.4) is 0 Å². The zero-order valence-electron chi connectivity index (χ0n) is 11.7. The maximum Gasteiger partial charge on any atom is 0.0994 e. The topological polar surface area (TPSA) is 29.9 Å². The minimum absolute atomic E-state index is 0.228. The summed E-state index contributed by atoms with van der Waals surface area (Å²) in [6.07, 6.45) is 6.32. The fourth-order valence-electron chi connectivity index (χ4n) is 2.96. The predicted octanol–water partition coefficient (Wildman–Crippen LogP) is 2.82. The molecule has 19 heavy (non-hydrogen) atoms. The molecule has 0 spiro atoms. The molecule has 0 bridgehead atoms. The van der Waals surface area contributed by atoms with E-state index in [4.69, 9.17) is 0 Å². The van der Waals surface area contributed by atoms with Crippen molar-refractivity contribution in [2.75, 3.05) is 13.1 Å². The van der Waals surface area contributed by atoms with Gasteiger partial charge in [0.05, 0.1) is 6.33 Å². The Morgan fingerprint density at radius 1 is 1.26 bits per heavy atom. The average Bonchev–Trinajstić information content (AvgIpc) is 2.89. The molecule has 2 aromatic rings. The number of nitrogens with one attached hydrogen (secondary N) is 1. The van der Waals surface area contributed by atoms with E-state index in [1.54, 1.807) is 0 Å². The fraction of sp³-hybridized carbons (Fsp3) is 0.438. The van der Waals surface area contributed by atoms with Crippen molar-refractivity contribution < 1.29 is 0 Å². The van der Waals surface area contributed by atoms with Gasteiger partial charge in [0.2, 0.25) is 0 Å². The van der Waals surface area contributed by atoms with Gasteiger partial charge in [-0.05, 0) is 50.6 Å². The van der Waals surface area contributed by atoms with Crippen molar-refractivity contribution in [3.05, 3.63) is 48.0 Å². The highest BCUT2D eigenvalue weighted by Gasteiger charge is 2.31. The number of hydrogen-bond acceptors (Lipinski definition) is 2. The van der Waals surface area contributed by atoms with E-state index in [9.17, 15) is 0 Å². The summed E-state index contributed by atoms with van der Waals surface area (Å²) in [4.78, 5) is 4.39. The molecular weight excluding hydrogens is 234 g/mol. The van der Waals surface area contributed by atoms with E-state index in [1.165, 1.54) is 29.8 Å². The van der Waals surface area contributed by atoms with Gasteiger partial charge in [0.1, 0.15) is 0 Å². The van der Waals surface area contributed by atoms with Crippen LogP contribution in [0, 0.1) is 6.92 Å². The smallest absolute Gasteiger partial charge is 0.0994 e. The van der Waals surface area contributed by atoms with Crippen LogP contribution in [-0.4, -0.2) is 22.6 Å². The molecule has 0 atom stereocenters. The summed E-state index contributed by atoms with van der Waals surface area (Å²) in [5.41, 5.74) is 4.06. The SMILES string of the molecule is Cc1cccc(-n2cncc2C2(C)CCNCC2)c1. The average molecular weight is 255 g/mol. The Hall–Kier alpha value is -1.61. The molecule has 0 unspecified atom stereocenters. The maximum atomic E-state index is 4.39. The van der Waals surface area contributed by atoms with E-state index in [1.807, 2.05) is 12.5 Å². The maximum absolute atomic E-state index is 4.39. The van der Waals surface area contributed by atoms with Crippen molar-refractivity contribution in [2.24, 2.45) is 0 Å². The standard InChI is InChI=1S/C16H21N3/c1-13-4-3-5-14(10-13)19-12-18-11-15(19)16(2)6-8-17-9-7-16/h3-5,10-12,17H,6-9H2,1-2H3. The van der Waals surface area contributed by atoms with E-state index < -0.39 is 0 Å². The van der Waals surface area contributed by atoms with Crippen LogP contribution in [0.15, 0.2) is 36.8 Å². The van der Waals surface area contributed by atoms with Crippen molar-refractivity contribution in [3.63, 3.8) is 0 Å². The lowest BCUT2D eigenvalue weighted by Gasteiger charge is -2.34. The van der Waals surface area contributed by atoms with Gasteiger partial charge in [-0.15, -0.1) is 0 Å². The molecule has 1 aliphatic rings. The third kappa shape index (κ3) is 2.30. The number of rotatable bonds is 2. The van der Waals surface area contributed by atoms with Gasteiger partial charge < -0.3 is 9.88 Å². The third-order valence-electron chi connectivity index (χ3n) is 4.24. The van der Waals surface area contributed by atoms with Crippen LogP contribution >= 0.6 is 0 Å². The second-order valence-electron chi connectivity index (χ2n) is 5.80. The largest absolute Gasteiger partial charge is 0.317 e. The molecule has 1 fully saturated rings. The van der Waals surface area contributed by atoms with Gasteiger partial charge in [0.25, 0.3) is 0 Å². The molecule has 0 amide bonds. The normalized spacial score (nSPS) is 18.4. The molecule has 1 aromatic heterocycles. The summed E-state index contributed by atoms with van der Waals surface area (Å²) in [5.74, 6) is 0.